The maximum absolute atomic E-state index is 13.4. The van der Waals surface area contributed by atoms with Crippen molar-refractivity contribution in [2.75, 3.05) is 7.11 Å². The summed E-state index contributed by atoms with van der Waals surface area (Å²) >= 11 is 0. The van der Waals surface area contributed by atoms with E-state index in [0.717, 1.165) is 11.1 Å². The minimum atomic E-state index is -0.368. The van der Waals surface area contributed by atoms with Crippen LogP contribution < -0.4 is 10.1 Å². The van der Waals surface area contributed by atoms with Gasteiger partial charge in [0.05, 0.1) is 7.11 Å². The van der Waals surface area contributed by atoms with Crippen LogP contribution in [0.15, 0.2) is 83.4 Å². The predicted molar refractivity (Wildman–Crippen MR) is 111 cm³/mol. The normalized spacial score (nSPS) is 10.6. The van der Waals surface area contributed by atoms with Gasteiger partial charge in [-0.25, -0.2) is 4.39 Å². The summed E-state index contributed by atoms with van der Waals surface area (Å²) in [6, 6.07) is 22.5. The lowest BCUT2D eigenvalue weighted by Crippen LogP contribution is -2.23. The molecule has 4 rings (SSSR count). The van der Waals surface area contributed by atoms with Gasteiger partial charge in [-0.1, -0.05) is 53.7 Å². The molecule has 1 aromatic heterocycles. The molecule has 0 aliphatic rings. The molecular formula is C24H19FN2O3. The predicted octanol–water partition coefficient (Wildman–Crippen LogP) is 5.09. The number of para-hydroxylation sites is 1. The van der Waals surface area contributed by atoms with E-state index in [4.69, 9.17) is 9.26 Å². The van der Waals surface area contributed by atoms with Crippen LogP contribution in [0.2, 0.25) is 0 Å². The molecule has 0 radical (unpaired) electrons. The minimum Gasteiger partial charge on any atom is -0.496 e. The van der Waals surface area contributed by atoms with E-state index in [0.29, 0.717) is 28.3 Å². The summed E-state index contributed by atoms with van der Waals surface area (Å²) < 4.78 is 24.3. The Balaban J connectivity index is 1.71. The minimum absolute atomic E-state index is 0.269. The fourth-order valence-electron chi connectivity index (χ4n) is 3.21. The molecule has 0 aliphatic carbocycles. The van der Waals surface area contributed by atoms with Crippen LogP contribution >= 0.6 is 0 Å². The molecule has 6 heteroatoms. The van der Waals surface area contributed by atoms with Gasteiger partial charge in [-0.15, -0.1) is 0 Å². The van der Waals surface area contributed by atoms with E-state index in [1.165, 1.54) is 12.1 Å². The average molecular weight is 402 g/mol. The van der Waals surface area contributed by atoms with E-state index in [1.54, 1.807) is 19.2 Å². The number of amides is 1. The summed E-state index contributed by atoms with van der Waals surface area (Å²) in [4.78, 5) is 13.2. The number of rotatable bonds is 6. The number of benzene rings is 3. The van der Waals surface area contributed by atoms with Crippen LogP contribution in [0.25, 0.3) is 22.6 Å². The molecule has 3 aromatic carbocycles. The fourth-order valence-corrected chi connectivity index (χ4v) is 3.21. The topological polar surface area (TPSA) is 64.4 Å². The molecule has 1 amide bonds. The quantitative estimate of drug-likeness (QED) is 0.488. The van der Waals surface area contributed by atoms with E-state index >= 15 is 0 Å². The zero-order valence-electron chi connectivity index (χ0n) is 16.3. The van der Waals surface area contributed by atoms with Gasteiger partial charge in [-0.2, -0.15) is 0 Å². The number of carbonyl (C=O) groups is 1. The van der Waals surface area contributed by atoms with Crippen molar-refractivity contribution in [2.24, 2.45) is 0 Å². The highest BCUT2D eigenvalue weighted by atomic mass is 19.1. The summed E-state index contributed by atoms with van der Waals surface area (Å²) in [7, 11) is 1.58. The van der Waals surface area contributed by atoms with Crippen molar-refractivity contribution in [3.8, 4) is 28.3 Å². The van der Waals surface area contributed by atoms with Crippen molar-refractivity contribution in [3.05, 3.63) is 95.8 Å². The van der Waals surface area contributed by atoms with E-state index in [2.05, 4.69) is 10.5 Å². The highest BCUT2D eigenvalue weighted by Crippen LogP contribution is 2.32. The van der Waals surface area contributed by atoms with Gasteiger partial charge in [-0.3, -0.25) is 4.79 Å². The van der Waals surface area contributed by atoms with Gasteiger partial charge >= 0.3 is 0 Å². The molecule has 0 fully saturated rings. The lowest BCUT2D eigenvalue weighted by Gasteiger charge is -2.10. The maximum atomic E-state index is 13.4. The maximum Gasteiger partial charge on any atom is 0.257 e. The Morgan fingerprint density at radius 3 is 2.40 bits per heavy atom. The Morgan fingerprint density at radius 2 is 1.67 bits per heavy atom. The van der Waals surface area contributed by atoms with Crippen LogP contribution in [0, 0.1) is 5.82 Å². The lowest BCUT2D eigenvalue weighted by molar-refractivity contribution is 0.0951. The number of aromatic nitrogens is 1. The number of nitrogens with zero attached hydrogens (tertiary/aromatic N) is 1. The molecule has 1 N–H and O–H groups in total. The van der Waals surface area contributed by atoms with E-state index in [9.17, 15) is 9.18 Å². The second kappa shape index (κ2) is 8.61. The smallest absolute Gasteiger partial charge is 0.257 e. The molecule has 30 heavy (non-hydrogen) atoms. The number of ether oxygens (including phenoxy) is 1. The third-order valence-electron chi connectivity index (χ3n) is 4.70. The lowest BCUT2D eigenvalue weighted by atomic mass is 10.0. The summed E-state index contributed by atoms with van der Waals surface area (Å²) in [5.41, 5.74) is 2.80. The molecule has 0 saturated carbocycles. The van der Waals surface area contributed by atoms with Crippen LogP contribution in [0.3, 0.4) is 0 Å². The van der Waals surface area contributed by atoms with Gasteiger partial charge in [0.15, 0.2) is 5.76 Å². The van der Waals surface area contributed by atoms with Crippen molar-refractivity contribution in [2.45, 2.75) is 6.54 Å². The Hall–Kier alpha value is -3.93. The SMILES string of the molecule is COc1ccccc1CNC(=O)c1c(-c2ccc(F)cc2)noc1-c1ccccc1. The Morgan fingerprint density at radius 1 is 0.967 bits per heavy atom. The van der Waals surface area contributed by atoms with Gasteiger partial charge in [0.2, 0.25) is 0 Å². The average Bonchev–Trinajstić information content (AvgIpc) is 3.24. The third-order valence-corrected chi connectivity index (χ3v) is 4.70. The molecule has 0 saturated heterocycles. The first-order valence-electron chi connectivity index (χ1n) is 9.38. The number of halogens is 1. The van der Waals surface area contributed by atoms with Gasteiger partial charge in [-0.05, 0) is 30.3 Å². The molecule has 4 aromatic rings. The van der Waals surface area contributed by atoms with Gasteiger partial charge in [0.1, 0.15) is 22.8 Å². The largest absolute Gasteiger partial charge is 0.496 e. The molecular weight excluding hydrogens is 383 g/mol. The van der Waals surface area contributed by atoms with E-state index in [1.807, 2.05) is 54.6 Å². The molecule has 1 heterocycles. The first kappa shape index (κ1) is 19.4. The molecule has 0 atom stereocenters. The Kier molecular flexibility index (Phi) is 5.57. The number of hydrogen-bond donors (Lipinski definition) is 1. The standard InChI is InChI=1S/C24H19FN2O3/c1-29-20-10-6-5-9-18(20)15-26-24(28)21-22(16-11-13-19(25)14-12-16)27-30-23(21)17-7-3-2-4-8-17/h2-14H,15H2,1H3,(H,26,28). The zero-order chi connectivity index (χ0) is 20.9. The van der Waals surface area contributed by atoms with Crippen LogP contribution in [0.4, 0.5) is 4.39 Å². The van der Waals surface area contributed by atoms with Gasteiger partial charge < -0.3 is 14.6 Å². The highest BCUT2D eigenvalue weighted by Gasteiger charge is 2.25. The summed E-state index contributed by atoms with van der Waals surface area (Å²) in [6.45, 7) is 0.269. The Labute approximate surface area is 173 Å². The zero-order valence-corrected chi connectivity index (χ0v) is 16.3. The number of carbonyl (C=O) groups excluding carboxylic acids is 1. The van der Waals surface area contributed by atoms with Crippen molar-refractivity contribution in [1.29, 1.82) is 0 Å². The van der Waals surface area contributed by atoms with Crippen LogP contribution in [-0.4, -0.2) is 18.2 Å². The van der Waals surface area contributed by atoms with Crippen molar-refractivity contribution < 1.29 is 18.4 Å². The van der Waals surface area contributed by atoms with Crippen LogP contribution in [0.1, 0.15) is 15.9 Å². The van der Waals surface area contributed by atoms with E-state index < -0.39 is 0 Å². The van der Waals surface area contributed by atoms with Crippen molar-refractivity contribution in [3.63, 3.8) is 0 Å². The van der Waals surface area contributed by atoms with Crippen LogP contribution in [-0.2, 0) is 6.54 Å². The second-order valence-electron chi connectivity index (χ2n) is 6.60. The summed E-state index contributed by atoms with van der Waals surface area (Å²) in [5.74, 6) is 0.325. The molecule has 0 bridgehead atoms. The fraction of sp³-hybridized carbons (Fsp3) is 0.0833. The van der Waals surface area contributed by atoms with Crippen molar-refractivity contribution in [1.82, 2.24) is 10.5 Å². The first-order chi connectivity index (χ1) is 14.7. The van der Waals surface area contributed by atoms with Crippen molar-refractivity contribution >= 4 is 5.91 Å². The summed E-state index contributed by atoms with van der Waals surface area (Å²) in [5, 5.41) is 7.03. The third kappa shape index (κ3) is 3.93. The molecule has 0 spiro atoms. The van der Waals surface area contributed by atoms with Gasteiger partial charge in [0.25, 0.3) is 5.91 Å². The van der Waals surface area contributed by atoms with E-state index in [-0.39, 0.29) is 18.3 Å². The second-order valence-corrected chi connectivity index (χ2v) is 6.60. The van der Waals surface area contributed by atoms with Crippen LogP contribution in [0.5, 0.6) is 5.75 Å². The number of methoxy groups -OCH3 is 1. The Bertz CT molecular complexity index is 1150. The monoisotopic (exact) mass is 402 g/mol. The molecule has 150 valence electrons. The number of nitrogens with one attached hydrogen (secondary N) is 1. The summed E-state index contributed by atoms with van der Waals surface area (Å²) in [6.07, 6.45) is 0. The molecule has 0 unspecified atom stereocenters. The number of hydrogen-bond acceptors (Lipinski definition) is 4. The first-order valence-corrected chi connectivity index (χ1v) is 9.38. The highest BCUT2D eigenvalue weighted by molar-refractivity contribution is 6.04. The van der Waals surface area contributed by atoms with Gasteiger partial charge in [0, 0.05) is 23.2 Å². The molecule has 0 aliphatic heterocycles. The molecule has 5 nitrogen and oxygen atoms in total.